The molecule has 100 valence electrons. The van der Waals surface area contributed by atoms with Gasteiger partial charge in [0.15, 0.2) is 0 Å². The maximum Gasteiger partial charge on any atom is 0.339 e. The van der Waals surface area contributed by atoms with Crippen molar-refractivity contribution < 1.29 is 14.3 Å². The molecule has 5 heteroatoms. The summed E-state index contributed by atoms with van der Waals surface area (Å²) >= 11 is 3.43. The molecule has 0 unspecified atom stereocenters. The number of furan rings is 1. The first-order valence-corrected chi connectivity index (χ1v) is 6.65. The fourth-order valence-electron chi connectivity index (χ4n) is 1.81. The SMILES string of the molecule is C[C@@H](NCc1occc1C(=O)O)c1cccc(Br)c1. The van der Waals surface area contributed by atoms with Crippen molar-refractivity contribution in [3.63, 3.8) is 0 Å². The van der Waals surface area contributed by atoms with Gasteiger partial charge in [-0.3, -0.25) is 0 Å². The lowest BCUT2D eigenvalue weighted by molar-refractivity contribution is 0.0694. The number of halogens is 1. The predicted octanol–water partition coefficient (Wildman–Crippen LogP) is 3.59. The molecular formula is C14H14BrNO3. The number of rotatable bonds is 5. The molecule has 4 nitrogen and oxygen atoms in total. The van der Waals surface area contributed by atoms with Crippen LogP contribution in [0.2, 0.25) is 0 Å². The summed E-state index contributed by atoms with van der Waals surface area (Å²) in [7, 11) is 0. The Balaban J connectivity index is 2.02. The maximum absolute atomic E-state index is 10.9. The number of benzene rings is 1. The Morgan fingerprint density at radius 2 is 2.26 bits per heavy atom. The topological polar surface area (TPSA) is 62.5 Å². The van der Waals surface area contributed by atoms with Gasteiger partial charge in [-0.15, -0.1) is 0 Å². The summed E-state index contributed by atoms with van der Waals surface area (Å²) in [6.45, 7) is 2.40. The zero-order chi connectivity index (χ0) is 13.8. The van der Waals surface area contributed by atoms with E-state index in [0.717, 1.165) is 10.0 Å². The van der Waals surface area contributed by atoms with E-state index in [2.05, 4.69) is 21.2 Å². The normalized spacial score (nSPS) is 12.3. The van der Waals surface area contributed by atoms with Crippen molar-refractivity contribution in [1.29, 1.82) is 0 Å². The molecule has 0 radical (unpaired) electrons. The summed E-state index contributed by atoms with van der Waals surface area (Å²) in [5, 5.41) is 12.2. The highest BCUT2D eigenvalue weighted by atomic mass is 79.9. The molecule has 0 aliphatic carbocycles. The van der Waals surface area contributed by atoms with Gasteiger partial charge in [0.2, 0.25) is 0 Å². The molecule has 2 rings (SSSR count). The van der Waals surface area contributed by atoms with Crippen LogP contribution in [0.5, 0.6) is 0 Å². The molecule has 2 aromatic rings. The van der Waals surface area contributed by atoms with Crippen LogP contribution in [0.3, 0.4) is 0 Å². The van der Waals surface area contributed by atoms with Gasteiger partial charge >= 0.3 is 5.97 Å². The first-order valence-electron chi connectivity index (χ1n) is 5.86. The minimum Gasteiger partial charge on any atom is -0.478 e. The second-order valence-electron chi connectivity index (χ2n) is 4.22. The number of carboxylic acids is 1. The van der Waals surface area contributed by atoms with Gasteiger partial charge in [-0.05, 0) is 30.7 Å². The van der Waals surface area contributed by atoms with Crippen LogP contribution in [0.15, 0.2) is 45.5 Å². The molecule has 1 heterocycles. The molecule has 0 fully saturated rings. The molecule has 0 spiro atoms. The monoisotopic (exact) mass is 323 g/mol. The number of carbonyl (C=O) groups is 1. The first kappa shape index (κ1) is 13.8. The lowest BCUT2D eigenvalue weighted by Gasteiger charge is -2.13. The van der Waals surface area contributed by atoms with E-state index in [9.17, 15) is 4.79 Å². The average molecular weight is 324 g/mol. The zero-order valence-electron chi connectivity index (χ0n) is 10.4. The lowest BCUT2D eigenvalue weighted by Crippen LogP contribution is -2.19. The Labute approximate surface area is 119 Å². The lowest BCUT2D eigenvalue weighted by atomic mass is 10.1. The third kappa shape index (κ3) is 3.45. The van der Waals surface area contributed by atoms with Crippen LogP contribution >= 0.6 is 15.9 Å². The molecule has 0 bridgehead atoms. The van der Waals surface area contributed by atoms with Crippen molar-refractivity contribution in [3.8, 4) is 0 Å². The van der Waals surface area contributed by atoms with Gasteiger partial charge in [-0.2, -0.15) is 0 Å². The molecule has 0 aliphatic rings. The van der Waals surface area contributed by atoms with Crippen LogP contribution in [0.4, 0.5) is 0 Å². The van der Waals surface area contributed by atoms with E-state index in [-0.39, 0.29) is 11.6 Å². The van der Waals surface area contributed by atoms with Crippen LogP contribution in [-0.2, 0) is 6.54 Å². The largest absolute Gasteiger partial charge is 0.478 e. The Hall–Kier alpha value is -1.59. The van der Waals surface area contributed by atoms with Crippen molar-refractivity contribution in [3.05, 3.63) is 58.0 Å². The third-order valence-electron chi connectivity index (χ3n) is 2.89. The van der Waals surface area contributed by atoms with E-state index in [4.69, 9.17) is 9.52 Å². The fraction of sp³-hybridized carbons (Fsp3) is 0.214. The van der Waals surface area contributed by atoms with Gasteiger partial charge in [0.05, 0.1) is 12.8 Å². The standard InChI is InChI=1S/C14H14BrNO3/c1-9(10-3-2-4-11(15)7-10)16-8-13-12(14(17)18)5-6-19-13/h2-7,9,16H,8H2,1H3,(H,17,18)/t9-/m1/s1. The molecule has 0 saturated heterocycles. The van der Waals surface area contributed by atoms with Crippen molar-refractivity contribution in [2.24, 2.45) is 0 Å². The van der Waals surface area contributed by atoms with Gasteiger partial charge in [-0.1, -0.05) is 28.1 Å². The summed E-state index contributed by atoms with van der Waals surface area (Å²) in [5.41, 5.74) is 1.33. The zero-order valence-corrected chi connectivity index (χ0v) is 12.0. The summed E-state index contributed by atoms with van der Waals surface area (Å²) in [6.07, 6.45) is 1.39. The van der Waals surface area contributed by atoms with Crippen molar-refractivity contribution >= 4 is 21.9 Å². The molecule has 1 aromatic heterocycles. The molecule has 19 heavy (non-hydrogen) atoms. The number of hydrogen-bond donors (Lipinski definition) is 2. The first-order chi connectivity index (χ1) is 9.08. The van der Waals surface area contributed by atoms with Crippen molar-refractivity contribution in [2.75, 3.05) is 0 Å². The smallest absolute Gasteiger partial charge is 0.339 e. The quantitative estimate of drug-likeness (QED) is 0.882. The average Bonchev–Trinajstić information content (AvgIpc) is 2.84. The maximum atomic E-state index is 10.9. The van der Waals surface area contributed by atoms with Gasteiger partial charge in [0.25, 0.3) is 0 Å². The molecule has 0 saturated carbocycles. The van der Waals surface area contributed by atoms with Crippen molar-refractivity contribution in [2.45, 2.75) is 19.5 Å². The highest BCUT2D eigenvalue weighted by molar-refractivity contribution is 9.10. The van der Waals surface area contributed by atoms with Crippen LogP contribution in [0.25, 0.3) is 0 Å². The Morgan fingerprint density at radius 1 is 1.47 bits per heavy atom. The summed E-state index contributed by atoms with van der Waals surface area (Å²) in [5.74, 6) is -0.532. The third-order valence-corrected chi connectivity index (χ3v) is 3.39. The van der Waals surface area contributed by atoms with Crippen LogP contribution in [-0.4, -0.2) is 11.1 Å². The van der Waals surface area contributed by atoms with E-state index < -0.39 is 5.97 Å². The Kier molecular flexibility index (Phi) is 4.39. The number of hydrogen-bond acceptors (Lipinski definition) is 3. The van der Waals surface area contributed by atoms with Crippen LogP contribution in [0, 0.1) is 0 Å². The number of aromatic carboxylic acids is 1. The van der Waals surface area contributed by atoms with E-state index in [0.29, 0.717) is 12.3 Å². The molecule has 1 aromatic carbocycles. The predicted molar refractivity (Wildman–Crippen MR) is 75.1 cm³/mol. The summed E-state index contributed by atoms with van der Waals surface area (Å²) in [4.78, 5) is 10.9. The molecule has 0 amide bonds. The summed E-state index contributed by atoms with van der Waals surface area (Å²) in [6, 6.07) is 9.53. The van der Waals surface area contributed by atoms with Gasteiger partial charge in [0, 0.05) is 10.5 Å². The number of nitrogens with one attached hydrogen (secondary N) is 1. The molecular weight excluding hydrogens is 310 g/mol. The fourth-order valence-corrected chi connectivity index (χ4v) is 2.22. The molecule has 0 aliphatic heterocycles. The number of carboxylic acid groups (broad SMARTS) is 1. The minimum absolute atomic E-state index is 0.101. The Bertz CT molecular complexity index is 580. The molecule has 2 N–H and O–H groups in total. The second kappa shape index (κ2) is 6.04. The Morgan fingerprint density at radius 3 is 2.95 bits per heavy atom. The highest BCUT2D eigenvalue weighted by Crippen LogP contribution is 2.19. The van der Waals surface area contributed by atoms with E-state index in [1.165, 1.54) is 12.3 Å². The van der Waals surface area contributed by atoms with Gasteiger partial charge < -0.3 is 14.8 Å². The second-order valence-corrected chi connectivity index (χ2v) is 5.14. The molecule has 1 atom stereocenters. The summed E-state index contributed by atoms with van der Waals surface area (Å²) < 4.78 is 6.20. The highest BCUT2D eigenvalue weighted by Gasteiger charge is 2.14. The van der Waals surface area contributed by atoms with Gasteiger partial charge in [0.1, 0.15) is 11.3 Å². The van der Waals surface area contributed by atoms with E-state index in [1.807, 2.05) is 31.2 Å². The van der Waals surface area contributed by atoms with Gasteiger partial charge in [-0.25, -0.2) is 4.79 Å². The van der Waals surface area contributed by atoms with E-state index in [1.54, 1.807) is 0 Å². The minimum atomic E-state index is -0.972. The van der Waals surface area contributed by atoms with E-state index >= 15 is 0 Å². The van der Waals surface area contributed by atoms with Crippen molar-refractivity contribution in [1.82, 2.24) is 5.32 Å². The van der Waals surface area contributed by atoms with Crippen LogP contribution in [0.1, 0.15) is 34.6 Å². The van der Waals surface area contributed by atoms with Crippen LogP contribution < -0.4 is 5.32 Å².